The molecule has 0 atom stereocenters. The Labute approximate surface area is 213 Å². The van der Waals surface area contributed by atoms with Gasteiger partial charge in [0, 0.05) is 44.4 Å². The molecule has 4 aromatic rings. The number of carbonyl (C=O) groups excluding carboxylic acids is 1. The predicted molar refractivity (Wildman–Crippen MR) is 144 cm³/mol. The summed E-state index contributed by atoms with van der Waals surface area (Å²) in [7, 11) is 0. The van der Waals surface area contributed by atoms with Crippen molar-refractivity contribution in [2.75, 3.05) is 39.3 Å². The second-order valence-corrected chi connectivity index (χ2v) is 9.19. The molecule has 2 aromatic heterocycles. The van der Waals surface area contributed by atoms with Gasteiger partial charge in [0.2, 0.25) is 5.91 Å². The molecule has 2 aromatic carbocycles. The van der Waals surface area contributed by atoms with Gasteiger partial charge in [-0.05, 0) is 55.3 Å². The fourth-order valence-electron chi connectivity index (χ4n) is 4.96. The fraction of sp³-hybridized carbons (Fsp3) is 0.333. The van der Waals surface area contributed by atoms with Crippen LogP contribution in [0.5, 0.6) is 5.75 Å². The van der Waals surface area contributed by atoms with Crippen molar-refractivity contribution in [2.24, 2.45) is 0 Å². The van der Waals surface area contributed by atoms with E-state index >= 15 is 0 Å². The Balaban J connectivity index is 1.47. The maximum absolute atomic E-state index is 13.1. The van der Waals surface area contributed by atoms with Gasteiger partial charge in [-0.15, -0.1) is 0 Å². The highest BCUT2D eigenvalue weighted by Gasteiger charge is 2.22. The van der Waals surface area contributed by atoms with E-state index in [0.29, 0.717) is 19.4 Å². The Hall–Kier alpha value is -3.64. The summed E-state index contributed by atoms with van der Waals surface area (Å²) in [5, 5.41) is 0. The van der Waals surface area contributed by atoms with Crippen molar-refractivity contribution < 1.29 is 9.53 Å². The molecule has 0 spiro atoms. The third-order valence-electron chi connectivity index (χ3n) is 6.99. The molecular weight excluding hydrogens is 448 g/mol. The first-order valence-corrected chi connectivity index (χ1v) is 13.0. The molecule has 0 saturated carbocycles. The zero-order chi connectivity index (χ0) is 24.9. The number of rotatable bonds is 8. The van der Waals surface area contributed by atoms with Gasteiger partial charge in [-0.1, -0.05) is 49.4 Å². The summed E-state index contributed by atoms with van der Waals surface area (Å²) in [5.74, 6) is 1.08. The predicted octanol–water partition coefficient (Wildman–Crippen LogP) is 5.16. The molecule has 0 aliphatic carbocycles. The van der Waals surface area contributed by atoms with Crippen molar-refractivity contribution in [3.63, 3.8) is 0 Å². The van der Waals surface area contributed by atoms with Gasteiger partial charge in [0.1, 0.15) is 11.4 Å². The molecule has 1 saturated heterocycles. The number of aromatic nitrogens is 2. The number of fused-ring (bicyclic) bond motifs is 1. The Morgan fingerprint density at radius 3 is 2.42 bits per heavy atom. The molecule has 3 heterocycles. The summed E-state index contributed by atoms with van der Waals surface area (Å²) in [5.41, 5.74) is 6.15. The van der Waals surface area contributed by atoms with E-state index in [-0.39, 0.29) is 5.91 Å². The van der Waals surface area contributed by atoms with E-state index in [2.05, 4.69) is 58.8 Å². The van der Waals surface area contributed by atoms with Crippen molar-refractivity contribution in [2.45, 2.75) is 26.7 Å². The van der Waals surface area contributed by atoms with Gasteiger partial charge in [-0.25, -0.2) is 4.98 Å². The monoisotopic (exact) mass is 482 g/mol. The number of hydrogen-bond acceptors (Lipinski definition) is 4. The van der Waals surface area contributed by atoms with Crippen molar-refractivity contribution in [3.8, 4) is 28.1 Å². The quantitative estimate of drug-likeness (QED) is 0.348. The van der Waals surface area contributed by atoms with Crippen LogP contribution in [0.25, 0.3) is 28.0 Å². The van der Waals surface area contributed by atoms with Gasteiger partial charge in [-0.2, -0.15) is 0 Å². The molecule has 0 radical (unpaired) electrons. The molecule has 1 aliphatic heterocycles. The summed E-state index contributed by atoms with van der Waals surface area (Å²) < 4.78 is 7.87. The van der Waals surface area contributed by atoms with E-state index in [1.165, 1.54) is 0 Å². The molecule has 186 valence electrons. The van der Waals surface area contributed by atoms with Crippen LogP contribution in [0.2, 0.25) is 0 Å². The highest BCUT2D eigenvalue weighted by molar-refractivity contribution is 5.77. The summed E-state index contributed by atoms with van der Waals surface area (Å²) >= 11 is 0. The SMILES string of the molecule is CCOc1cccc(-c2ccc3nc(-c4ccccc4)c(CCC(=O)N4CCN(CC)CC4)n3c2)c1. The lowest BCUT2D eigenvalue weighted by Gasteiger charge is -2.34. The van der Waals surface area contributed by atoms with Crippen molar-refractivity contribution in [1.82, 2.24) is 19.2 Å². The zero-order valence-corrected chi connectivity index (χ0v) is 21.2. The Kier molecular flexibility index (Phi) is 7.33. The topological polar surface area (TPSA) is 50.1 Å². The van der Waals surface area contributed by atoms with Crippen molar-refractivity contribution in [3.05, 3.63) is 78.6 Å². The highest BCUT2D eigenvalue weighted by Crippen LogP contribution is 2.29. The third-order valence-corrected chi connectivity index (χ3v) is 6.99. The summed E-state index contributed by atoms with van der Waals surface area (Å²) in [6.45, 7) is 9.38. The number of benzene rings is 2. The molecule has 36 heavy (non-hydrogen) atoms. The molecule has 6 heteroatoms. The van der Waals surface area contributed by atoms with Crippen molar-refractivity contribution in [1.29, 1.82) is 0 Å². The van der Waals surface area contributed by atoms with Gasteiger partial charge >= 0.3 is 0 Å². The average Bonchev–Trinajstić information content (AvgIpc) is 3.30. The summed E-state index contributed by atoms with van der Waals surface area (Å²) in [6.07, 6.45) is 3.25. The van der Waals surface area contributed by atoms with Crippen LogP contribution in [0.1, 0.15) is 26.0 Å². The molecule has 0 bridgehead atoms. The first-order valence-electron chi connectivity index (χ1n) is 13.0. The number of nitrogens with zero attached hydrogens (tertiary/aromatic N) is 4. The van der Waals surface area contributed by atoms with E-state index in [0.717, 1.165) is 72.2 Å². The number of imidazole rings is 1. The number of aryl methyl sites for hydroxylation is 1. The summed E-state index contributed by atoms with van der Waals surface area (Å²) in [4.78, 5) is 22.5. The van der Waals surface area contributed by atoms with E-state index in [4.69, 9.17) is 9.72 Å². The maximum Gasteiger partial charge on any atom is 0.223 e. The average molecular weight is 483 g/mol. The van der Waals surface area contributed by atoms with Crippen LogP contribution in [0.4, 0.5) is 0 Å². The van der Waals surface area contributed by atoms with Gasteiger partial charge in [0.05, 0.1) is 18.0 Å². The summed E-state index contributed by atoms with van der Waals surface area (Å²) in [6, 6.07) is 22.6. The number of likely N-dealkylation sites (N-methyl/N-ethyl adjacent to an activating group) is 1. The van der Waals surface area contributed by atoms with Crippen LogP contribution in [-0.4, -0.2) is 64.4 Å². The lowest BCUT2D eigenvalue weighted by Crippen LogP contribution is -2.48. The molecule has 0 N–H and O–H groups in total. The van der Waals surface area contributed by atoms with Gasteiger partial charge in [0.25, 0.3) is 0 Å². The van der Waals surface area contributed by atoms with Gasteiger partial charge in [-0.3, -0.25) is 4.79 Å². The number of piperazine rings is 1. The van der Waals surface area contributed by atoms with Crippen LogP contribution >= 0.6 is 0 Å². The highest BCUT2D eigenvalue weighted by atomic mass is 16.5. The molecule has 1 amide bonds. The molecule has 5 rings (SSSR count). The minimum absolute atomic E-state index is 0.222. The standard InChI is InChI=1S/C30H34N4O2/c1-3-32-17-19-33(20-18-32)29(35)16-14-27-30(23-9-6-5-7-10-23)31-28-15-13-25(22-34(27)28)24-11-8-12-26(21-24)36-4-2/h5-13,15,21-22H,3-4,14,16-20H2,1-2H3. The van der Waals surface area contributed by atoms with Gasteiger partial charge in [0.15, 0.2) is 0 Å². The third kappa shape index (κ3) is 5.14. The minimum atomic E-state index is 0.222. The fourth-order valence-corrected chi connectivity index (χ4v) is 4.96. The zero-order valence-electron chi connectivity index (χ0n) is 21.2. The largest absolute Gasteiger partial charge is 0.494 e. The Bertz CT molecular complexity index is 1320. The van der Waals surface area contributed by atoms with Crippen molar-refractivity contribution >= 4 is 11.6 Å². The van der Waals surface area contributed by atoms with Crippen LogP contribution in [0, 0.1) is 0 Å². The Morgan fingerprint density at radius 2 is 1.67 bits per heavy atom. The van der Waals surface area contributed by atoms with E-state index in [1.807, 2.05) is 42.2 Å². The lowest BCUT2D eigenvalue weighted by molar-refractivity contribution is -0.132. The first kappa shape index (κ1) is 24.1. The number of amides is 1. The molecule has 6 nitrogen and oxygen atoms in total. The van der Waals surface area contributed by atoms with Gasteiger partial charge < -0.3 is 18.9 Å². The maximum atomic E-state index is 13.1. The van der Waals surface area contributed by atoms with E-state index in [9.17, 15) is 4.79 Å². The molecular formula is C30H34N4O2. The minimum Gasteiger partial charge on any atom is -0.494 e. The Morgan fingerprint density at radius 1 is 0.889 bits per heavy atom. The smallest absolute Gasteiger partial charge is 0.223 e. The van der Waals surface area contributed by atoms with Crippen LogP contribution < -0.4 is 4.74 Å². The number of carbonyl (C=O) groups is 1. The van der Waals surface area contributed by atoms with Crippen LogP contribution in [0.15, 0.2) is 72.9 Å². The lowest BCUT2D eigenvalue weighted by atomic mass is 10.1. The molecule has 1 fully saturated rings. The number of hydrogen-bond donors (Lipinski definition) is 0. The van der Waals surface area contributed by atoms with Crippen LogP contribution in [0.3, 0.4) is 0 Å². The second kappa shape index (κ2) is 11.0. The molecule has 0 unspecified atom stereocenters. The second-order valence-electron chi connectivity index (χ2n) is 9.19. The first-order chi connectivity index (χ1) is 17.7. The number of pyridine rings is 1. The van der Waals surface area contributed by atoms with E-state index in [1.54, 1.807) is 0 Å². The van der Waals surface area contributed by atoms with E-state index < -0.39 is 0 Å². The van der Waals surface area contributed by atoms with Crippen LogP contribution in [-0.2, 0) is 11.2 Å². The normalized spacial score (nSPS) is 14.3. The molecule has 1 aliphatic rings. The number of ether oxygens (including phenoxy) is 1.